The molecule has 0 aliphatic heterocycles. The summed E-state index contributed by atoms with van der Waals surface area (Å²) in [5, 5.41) is 18.9. The molecule has 4 heteroatoms. The molecule has 15 heavy (non-hydrogen) atoms. The summed E-state index contributed by atoms with van der Waals surface area (Å²) >= 11 is 7.62. The lowest BCUT2D eigenvalue weighted by molar-refractivity contribution is 0.113. The van der Waals surface area contributed by atoms with E-state index in [1.807, 2.05) is 31.2 Å². The van der Waals surface area contributed by atoms with Crippen LogP contribution in [0.5, 0.6) is 0 Å². The number of halogens is 1. The Morgan fingerprint density at radius 3 is 2.67 bits per heavy atom. The van der Waals surface area contributed by atoms with E-state index in [2.05, 4.69) is 0 Å². The zero-order valence-corrected chi connectivity index (χ0v) is 10.1. The molecule has 0 aliphatic rings. The van der Waals surface area contributed by atoms with E-state index in [1.165, 1.54) is 0 Å². The van der Waals surface area contributed by atoms with Crippen molar-refractivity contribution in [2.75, 3.05) is 12.4 Å². The smallest absolute Gasteiger partial charge is 0.0861 e. The van der Waals surface area contributed by atoms with Crippen LogP contribution >= 0.6 is 23.4 Å². The zero-order valence-electron chi connectivity index (χ0n) is 8.56. The number of thioether (sulfide) groups is 1. The molecule has 2 nitrogen and oxygen atoms in total. The molecule has 0 radical (unpaired) electrons. The predicted octanol–water partition coefficient (Wildman–Crippen LogP) is 2.49. The van der Waals surface area contributed by atoms with E-state index in [1.54, 1.807) is 11.8 Å². The molecule has 0 aliphatic carbocycles. The van der Waals surface area contributed by atoms with Gasteiger partial charge in [-0.1, -0.05) is 29.8 Å². The van der Waals surface area contributed by atoms with Crippen molar-refractivity contribution in [3.8, 4) is 0 Å². The van der Waals surface area contributed by atoms with Crippen LogP contribution in [0.25, 0.3) is 0 Å². The molecule has 0 unspecified atom stereocenters. The molecular weight excluding hydrogens is 232 g/mol. The molecule has 0 bridgehead atoms. The predicted molar refractivity (Wildman–Crippen MR) is 65.4 cm³/mol. The lowest BCUT2D eigenvalue weighted by Crippen LogP contribution is -2.15. The van der Waals surface area contributed by atoms with Gasteiger partial charge >= 0.3 is 0 Å². The van der Waals surface area contributed by atoms with Gasteiger partial charge in [-0.15, -0.1) is 0 Å². The summed E-state index contributed by atoms with van der Waals surface area (Å²) in [7, 11) is 0. The first kappa shape index (κ1) is 12.8. The van der Waals surface area contributed by atoms with Crippen LogP contribution in [0.15, 0.2) is 24.3 Å². The van der Waals surface area contributed by atoms with Gasteiger partial charge in [-0.25, -0.2) is 0 Å². The summed E-state index contributed by atoms with van der Waals surface area (Å²) in [4.78, 5) is 0. The van der Waals surface area contributed by atoms with E-state index in [-0.39, 0.29) is 11.9 Å². The zero-order chi connectivity index (χ0) is 11.3. The molecule has 0 saturated carbocycles. The van der Waals surface area contributed by atoms with Crippen LogP contribution in [0.2, 0.25) is 5.02 Å². The minimum Gasteiger partial charge on any atom is -0.394 e. The minimum absolute atomic E-state index is 0.192. The second kappa shape index (κ2) is 6.38. The summed E-state index contributed by atoms with van der Waals surface area (Å²) in [6.45, 7) is 1.85. The van der Waals surface area contributed by atoms with Gasteiger partial charge in [0.15, 0.2) is 0 Å². The molecule has 0 amide bonds. The Balaban J connectivity index is 2.54. The molecule has 0 fully saturated rings. The summed E-state index contributed by atoms with van der Waals surface area (Å²) in [5.74, 6) is 0.517. The largest absolute Gasteiger partial charge is 0.394 e. The monoisotopic (exact) mass is 246 g/mol. The molecule has 0 heterocycles. The highest BCUT2D eigenvalue weighted by Gasteiger charge is 2.11. The quantitative estimate of drug-likeness (QED) is 0.839. The molecule has 84 valence electrons. The summed E-state index contributed by atoms with van der Waals surface area (Å²) in [6.07, 6.45) is -0.653. The highest BCUT2D eigenvalue weighted by atomic mass is 35.5. The average Bonchev–Trinajstić information content (AvgIpc) is 2.26. The van der Waals surface area contributed by atoms with Crippen molar-refractivity contribution in [1.29, 1.82) is 0 Å². The van der Waals surface area contributed by atoms with Gasteiger partial charge in [0, 0.05) is 16.0 Å². The van der Waals surface area contributed by atoms with E-state index in [0.29, 0.717) is 5.75 Å². The Morgan fingerprint density at radius 1 is 1.40 bits per heavy atom. The maximum absolute atomic E-state index is 9.22. The first-order valence-electron chi connectivity index (χ1n) is 4.80. The summed E-state index contributed by atoms with van der Waals surface area (Å²) < 4.78 is 0. The third-order valence-corrected chi connectivity index (χ3v) is 3.77. The van der Waals surface area contributed by atoms with E-state index in [9.17, 15) is 5.11 Å². The van der Waals surface area contributed by atoms with Crippen LogP contribution in [0.1, 0.15) is 17.7 Å². The number of aliphatic hydroxyl groups excluding tert-OH is 2. The van der Waals surface area contributed by atoms with Crippen molar-refractivity contribution >= 4 is 23.4 Å². The van der Waals surface area contributed by atoms with Gasteiger partial charge in [-0.3, -0.25) is 0 Å². The maximum Gasteiger partial charge on any atom is 0.0861 e. The highest BCUT2D eigenvalue weighted by Crippen LogP contribution is 2.32. The van der Waals surface area contributed by atoms with Crippen molar-refractivity contribution < 1.29 is 10.2 Å². The fourth-order valence-electron chi connectivity index (χ4n) is 1.20. The van der Waals surface area contributed by atoms with Crippen LogP contribution in [0.3, 0.4) is 0 Å². The van der Waals surface area contributed by atoms with Gasteiger partial charge in [-0.2, -0.15) is 11.8 Å². The van der Waals surface area contributed by atoms with E-state index in [4.69, 9.17) is 16.7 Å². The van der Waals surface area contributed by atoms with Crippen molar-refractivity contribution in [3.63, 3.8) is 0 Å². The Labute approximate surface area is 99.3 Å². The fourth-order valence-corrected chi connectivity index (χ4v) is 2.57. The molecule has 0 spiro atoms. The molecule has 1 aromatic carbocycles. The van der Waals surface area contributed by atoms with E-state index in [0.717, 1.165) is 10.6 Å². The van der Waals surface area contributed by atoms with Crippen LogP contribution in [0.4, 0.5) is 0 Å². The van der Waals surface area contributed by atoms with Gasteiger partial charge in [0.1, 0.15) is 0 Å². The number of rotatable bonds is 5. The molecule has 2 N–H and O–H groups in total. The Kier molecular flexibility index (Phi) is 5.47. The molecular formula is C11H15ClO2S. The molecule has 1 rings (SSSR count). The van der Waals surface area contributed by atoms with Crippen LogP contribution in [-0.2, 0) is 0 Å². The Bertz CT molecular complexity index is 306. The fraction of sp³-hybridized carbons (Fsp3) is 0.455. The topological polar surface area (TPSA) is 40.5 Å². The number of benzene rings is 1. The first-order valence-corrected chi connectivity index (χ1v) is 6.22. The van der Waals surface area contributed by atoms with Crippen LogP contribution < -0.4 is 0 Å². The Morgan fingerprint density at radius 2 is 2.07 bits per heavy atom. The van der Waals surface area contributed by atoms with E-state index < -0.39 is 6.10 Å². The van der Waals surface area contributed by atoms with Crippen LogP contribution in [-0.4, -0.2) is 28.7 Å². The van der Waals surface area contributed by atoms with Gasteiger partial charge in [0.2, 0.25) is 0 Å². The maximum atomic E-state index is 9.22. The summed E-state index contributed by atoms with van der Waals surface area (Å²) in [5.41, 5.74) is 1.06. The van der Waals surface area contributed by atoms with Crippen molar-refractivity contribution in [2.24, 2.45) is 0 Å². The van der Waals surface area contributed by atoms with Crippen molar-refractivity contribution in [2.45, 2.75) is 18.3 Å². The third kappa shape index (κ3) is 4.03. The Hall–Kier alpha value is -0.220. The normalized spacial score (nSPS) is 14.9. The summed E-state index contributed by atoms with van der Waals surface area (Å²) in [6, 6.07) is 7.67. The number of hydrogen-bond acceptors (Lipinski definition) is 3. The van der Waals surface area contributed by atoms with Crippen LogP contribution in [0, 0.1) is 0 Å². The number of hydrogen-bond donors (Lipinski definition) is 2. The standard InChI is InChI=1S/C11H15ClO2S/c1-8(15-7-9(14)6-13)10-4-2-3-5-11(10)12/h2-5,8-9,13-14H,6-7H2,1H3/t8-,9+/m1/s1. The van der Waals surface area contributed by atoms with Gasteiger partial charge in [0.05, 0.1) is 12.7 Å². The second-order valence-electron chi connectivity index (χ2n) is 3.33. The first-order chi connectivity index (χ1) is 7.15. The second-order valence-corrected chi connectivity index (χ2v) is 5.11. The molecule has 1 aromatic rings. The highest BCUT2D eigenvalue weighted by molar-refractivity contribution is 7.99. The van der Waals surface area contributed by atoms with Gasteiger partial charge in [-0.05, 0) is 18.6 Å². The van der Waals surface area contributed by atoms with E-state index >= 15 is 0 Å². The molecule has 0 aromatic heterocycles. The third-order valence-electron chi connectivity index (χ3n) is 2.09. The molecule has 0 saturated heterocycles. The number of aliphatic hydroxyl groups is 2. The van der Waals surface area contributed by atoms with Crippen molar-refractivity contribution in [3.05, 3.63) is 34.9 Å². The van der Waals surface area contributed by atoms with Crippen molar-refractivity contribution in [1.82, 2.24) is 0 Å². The van der Waals surface area contributed by atoms with Gasteiger partial charge < -0.3 is 10.2 Å². The lowest BCUT2D eigenvalue weighted by Gasteiger charge is -2.14. The lowest BCUT2D eigenvalue weighted by atomic mass is 10.2. The average molecular weight is 247 g/mol. The molecule has 2 atom stereocenters. The SMILES string of the molecule is C[C@@H](SC[C@@H](O)CO)c1ccccc1Cl. The van der Waals surface area contributed by atoms with Gasteiger partial charge in [0.25, 0.3) is 0 Å². The minimum atomic E-state index is -0.653.